The number of piperazine rings is 1. The fourth-order valence-corrected chi connectivity index (χ4v) is 1.98. The first-order chi connectivity index (χ1) is 8.99. The second-order valence-corrected chi connectivity index (χ2v) is 6.36. The van der Waals surface area contributed by atoms with E-state index in [-0.39, 0.29) is 18.5 Å². The van der Waals surface area contributed by atoms with Gasteiger partial charge in [0.1, 0.15) is 6.42 Å². The molecule has 0 spiro atoms. The molecule has 0 saturated carbocycles. The number of aliphatic hydroxyl groups excluding tert-OH is 1. The molecule has 1 N–H and O–H groups in total. The van der Waals surface area contributed by atoms with E-state index in [0.717, 1.165) is 0 Å². The summed E-state index contributed by atoms with van der Waals surface area (Å²) in [6.07, 6.45) is -6.34. The number of nitrogens with zero attached hydrogens (tertiary/aromatic N) is 2. The summed E-state index contributed by atoms with van der Waals surface area (Å²) in [5.41, 5.74) is -0.233. The highest BCUT2D eigenvalue weighted by Gasteiger charge is 2.35. The van der Waals surface area contributed by atoms with Gasteiger partial charge in [0.2, 0.25) is 5.91 Å². The maximum Gasteiger partial charge on any atom is 0.397 e. The molecule has 0 aromatic rings. The van der Waals surface area contributed by atoms with E-state index in [0.29, 0.717) is 19.6 Å². The zero-order valence-corrected chi connectivity index (χ0v) is 12.2. The number of rotatable bonds is 3. The minimum absolute atomic E-state index is 0.233. The van der Waals surface area contributed by atoms with Crippen molar-refractivity contribution in [1.82, 2.24) is 9.80 Å². The van der Waals surface area contributed by atoms with Gasteiger partial charge in [0.05, 0.1) is 6.10 Å². The molecule has 1 atom stereocenters. The van der Waals surface area contributed by atoms with Crippen LogP contribution >= 0.6 is 0 Å². The lowest BCUT2D eigenvalue weighted by atomic mass is 9.89. The summed E-state index contributed by atoms with van der Waals surface area (Å²) in [6.45, 7) is 7.83. The van der Waals surface area contributed by atoms with Gasteiger partial charge >= 0.3 is 6.18 Å². The normalized spacial score (nSPS) is 20.1. The maximum atomic E-state index is 12.1. The molecule has 0 bridgehead atoms. The van der Waals surface area contributed by atoms with Crippen LogP contribution in [0.25, 0.3) is 0 Å². The number of hydrogen-bond acceptors (Lipinski definition) is 3. The van der Waals surface area contributed by atoms with E-state index in [1.165, 1.54) is 4.90 Å². The van der Waals surface area contributed by atoms with Gasteiger partial charge in [0, 0.05) is 32.7 Å². The molecule has 0 aromatic carbocycles. The number of alkyl halides is 3. The second-order valence-electron chi connectivity index (χ2n) is 6.36. The molecule has 20 heavy (non-hydrogen) atoms. The Bertz CT molecular complexity index is 331. The van der Waals surface area contributed by atoms with Crippen LogP contribution in [-0.4, -0.2) is 65.8 Å². The Balaban J connectivity index is 2.39. The molecule has 118 valence electrons. The van der Waals surface area contributed by atoms with Gasteiger partial charge in [-0.05, 0) is 5.41 Å². The Morgan fingerprint density at radius 2 is 1.65 bits per heavy atom. The van der Waals surface area contributed by atoms with E-state index in [2.05, 4.69) is 0 Å². The fraction of sp³-hybridized carbons (Fsp3) is 0.923. The molecule has 1 aliphatic rings. The van der Waals surface area contributed by atoms with Crippen molar-refractivity contribution < 1.29 is 23.1 Å². The SMILES string of the molecule is CC(C)(C)[C@H](O)CN1CCN(C(=O)CC(F)(F)F)CC1. The molecular formula is C13H23F3N2O2. The van der Waals surface area contributed by atoms with Crippen molar-refractivity contribution in [1.29, 1.82) is 0 Å². The van der Waals surface area contributed by atoms with Crippen LogP contribution in [0.1, 0.15) is 27.2 Å². The Morgan fingerprint density at radius 1 is 1.15 bits per heavy atom. The Morgan fingerprint density at radius 3 is 2.05 bits per heavy atom. The van der Waals surface area contributed by atoms with Crippen LogP contribution in [0.3, 0.4) is 0 Å². The lowest BCUT2D eigenvalue weighted by Gasteiger charge is -2.38. The first kappa shape index (κ1) is 17.2. The monoisotopic (exact) mass is 296 g/mol. The lowest BCUT2D eigenvalue weighted by molar-refractivity contribution is -0.162. The highest BCUT2D eigenvalue weighted by atomic mass is 19.4. The molecule has 1 rings (SSSR count). The average Bonchev–Trinajstić information content (AvgIpc) is 2.26. The van der Waals surface area contributed by atoms with Gasteiger partial charge in [-0.25, -0.2) is 0 Å². The van der Waals surface area contributed by atoms with E-state index in [9.17, 15) is 23.1 Å². The zero-order chi connectivity index (χ0) is 15.6. The Hall–Kier alpha value is -0.820. The molecule has 0 aliphatic carbocycles. The molecule has 1 heterocycles. The van der Waals surface area contributed by atoms with Crippen LogP contribution in [0.15, 0.2) is 0 Å². The molecule has 1 aliphatic heterocycles. The average molecular weight is 296 g/mol. The van der Waals surface area contributed by atoms with E-state index < -0.39 is 24.6 Å². The van der Waals surface area contributed by atoms with Crippen molar-refractivity contribution in [2.75, 3.05) is 32.7 Å². The molecular weight excluding hydrogens is 273 g/mol. The van der Waals surface area contributed by atoms with Gasteiger partial charge in [0.25, 0.3) is 0 Å². The van der Waals surface area contributed by atoms with E-state index in [1.807, 2.05) is 25.7 Å². The van der Waals surface area contributed by atoms with Crippen LogP contribution < -0.4 is 0 Å². The fourth-order valence-electron chi connectivity index (χ4n) is 1.98. The summed E-state index contributed by atoms with van der Waals surface area (Å²) >= 11 is 0. The summed E-state index contributed by atoms with van der Waals surface area (Å²) in [5, 5.41) is 9.99. The molecule has 0 aromatic heterocycles. The summed E-state index contributed by atoms with van der Waals surface area (Å²) in [6, 6.07) is 0. The largest absolute Gasteiger partial charge is 0.397 e. The van der Waals surface area contributed by atoms with Crippen molar-refractivity contribution in [2.24, 2.45) is 5.41 Å². The van der Waals surface area contributed by atoms with Gasteiger partial charge in [-0.2, -0.15) is 13.2 Å². The Labute approximate surface area is 117 Å². The molecule has 7 heteroatoms. The van der Waals surface area contributed by atoms with Crippen molar-refractivity contribution in [3.05, 3.63) is 0 Å². The third-order valence-corrected chi connectivity index (χ3v) is 3.51. The molecule has 1 saturated heterocycles. The summed E-state index contributed by atoms with van der Waals surface area (Å²) < 4.78 is 36.4. The highest BCUT2D eigenvalue weighted by Crippen LogP contribution is 2.22. The van der Waals surface area contributed by atoms with Gasteiger partial charge in [-0.3, -0.25) is 9.69 Å². The zero-order valence-electron chi connectivity index (χ0n) is 12.2. The van der Waals surface area contributed by atoms with Crippen molar-refractivity contribution in [2.45, 2.75) is 39.5 Å². The number of β-amino-alcohol motifs (C(OH)–C–C–N with tert-alkyl or cyclic N) is 1. The lowest BCUT2D eigenvalue weighted by Crippen LogP contribution is -2.52. The predicted molar refractivity (Wildman–Crippen MR) is 69.2 cm³/mol. The van der Waals surface area contributed by atoms with Crippen LogP contribution in [0.5, 0.6) is 0 Å². The number of carbonyl (C=O) groups is 1. The second kappa shape index (κ2) is 6.30. The van der Waals surface area contributed by atoms with Crippen LogP contribution in [-0.2, 0) is 4.79 Å². The first-order valence-electron chi connectivity index (χ1n) is 6.74. The van der Waals surface area contributed by atoms with E-state index >= 15 is 0 Å². The molecule has 1 fully saturated rings. The van der Waals surface area contributed by atoms with Crippen LogP contribution in [0, 0.1) is 5.41 Å². The maximum absolute atomic E-state index is 12.1. The van der Waals surface area contributed by atoms with Crippen LogP contribution in [0.4, 0.5) is 13.2 Å². The Kier molecular flexibility index (Phi) is 5.43. The number of amides is 1. The quantitative estimate of drug-likeness (QED) is 0.858. The number of aliphatic hydroxyl groups is 1. The predicted octanol–water partition coefficient (Wildman–Crippen LogP) is 1.49. The van der Waals surface area contributed by atoms with Crippen molar-refractivity contribution >= 4 is 5.91 Å². The molecule has 0 radical (unpaired) electrons. The highest BCUT2D eigenvalue weighted by molar-refractivity contribution is 5.76. The number of carbonyl (C=O) groups excluding carboxylic acids is 1. The van der Waals surface area contributed by atoms with E-state index in [1.54, 1.807) is 0 Å². The minimum atomic E-state index is -4.45. The van der Waals surface area contributed by atoms with Gasteiger partial charge in [-0.15, -0.1) is 0 Å². The van der Waals surface area contributed by atoms with Crippen molar-refractivity contribution in [3.8, 4) is 0 Å². The molecule has 1 amide bonds. The summed E-state index contributed by atoms with van der Waals surface area (Å²) in [7, 11) is 0. The number of halogens is 3. The number of hydrogen-bond donors (Lipinski definition) is 1. The van der Waals surface area contributed by atoms with E-state index in [4.69, 9.17) is 0 Å². The van der Waals surface area contributed by atoms with Gasteiger partial charge < -0.3 is 10.0 Å². The smallest absolute Gasteiger partial charge is 0.391 e. The first-order valence-corrected chi connectivity index (χ1v) is 6.74. The summed E-state index contributed by atoms with van der Waals surface area (Å²) in [5.74, 6) is -0.867. The van der Waals surface area contributed by atoms with Crippen LogP contribution in [0.2, 0.25) is 0 Å². The summed E-state index contributed by atoms with van der Waals surface area (Å²) in [4.78, 5) is 14.7. The van der Waals surface area contributed by atoms with Gasteiger partial charge in [-0.1, -0.05) is 20.8 Å². The molecule has 0 unspecified atom stereocenters. The van der Waals surface area contributed by atoms with Gasteiger partial charge in [0.15, 0.2) is 0 Å². The standard InChI is InChI=1S/C13H23F3N2O2/c1-12(2,3)10(19)9-17-4-6-18(7-5-17)11(20)8-13(14,15)16/h10,19H,4-9H2,1-3H3/t10-/m1/s1. The third kappa shape index (κ3) is 5.66. The topological polar surface area (TPSA) is 43.8 Å². The molecule has 4 nitrogen and oxygen atoms in total. The minimum Gasteiger partial charge on any atom is -0.391 e. The third-order valence-electron chi connectivity index (χ3n) is 3.51. The van der Waals surface area contributed by atoms with Crippen molar-refractivity contribution in [3.63, 3.8) is 0 Å².